The van der Waals surface area contributed by atoms with E-state index >= 15 is 0 Å². The molecule has 1 aromatic heterocycles. The molecule has 0 unspecified atom stereocenters. The van der Waals surface area contributed by atoms with Crippen molar-refractivity contribution in [3.63, 3.8) is 0 Å². The minimum absolute atomic E-state index is 0.766. The summed E-state index contributed by atoms with van der Waals surface area (Å²) in [6.07, 6.45) is 4.46. The van der Waals surface area contributed by atoms with Crippen LogP contribution in [0.3, 0.4) is 0 Å². The van der Waals surface area contributed by atoms with Gasteiger partial charge in [-0.1, -0.05) is 48.7 Å². The number of rotatable bonds is 7. The predicted molar refractivity (Wildman–Crippen MR) is 83.6 cm³/mol. The first-order valence-corrected chi connectivity index (χ1v) is 8.04. The third-order valence-electron chi connectivity index (χ3n) is 3.58. The van der Waals surface area contributed by atoms with Crippen LogP contribution in [-0.2, 0) is 5.33 Å². The third-order valence-corrected chi connectivity index (χ3v) is 4.22. The van der Waals surface area contributed by atoms with E-state index in [0.29, 0.717) is 0 Å². The van der Waals surface area contributed by atoms with Gasteiger partial charge in [-0.05, 0) is 30.9 Å². The number of hydrogen-bond donors (Lipinski definition) is 0. The monoisotopic (exact) mass is 312 g/mol. The summed E-state index contributed by atoms with van der Waals surface area (Å²) >= 11 is 3.48. The van der Waals surface area contributed by atoms with Gasteiger partial charge < -0.3 is 4.90 Å². The number of nitrogens with zero attached hydrogens (tertiary/aromatic N) is 2. The van der Waals surface area contributed by atoms with Crippen LogP contribution in [0.5, 0.6) is 0 Å². The molecule has 0 radical (unpaired) electrons. The molecule has 0 atom stereocenters. The molecule has 1 rings (SSSR count). The summed E-state index contributed by atoms with van der Waals surface area (Å²) in [7, 11) is 0. The van der Waals surface area contributed by atoms with E-state index < -0.39 is 0 Å². The van der Waals surface area contributed by atoms with Gasteiger partial charge in [0.2, 0.25) is 0 Å². The lowest BCUT2D eigenvalue weighted by atomic mass is 10.0. The lowest BCUT2D eigenvalue weighted by Gasteiger charge is -2.27. The van der Waals surface area contributed by atoms with Crippen LogP contribution in [0.25, 0.3) is 0 Å². The number of aryl methyl sites for hydroxylation is 1. The van der Waals surface area contributed by atoms with Crippen molar-refractivity contribution in [2.45, 2.75) is 45.9 Å². The van der Waals surface area contributed by atoms with E-state index in [1.165, 1.54) is 24.0 Å². The van der Waals surface area contributed by atoms with Crippen LogP contribution in [0.2, 0.25) is 0 Å². The smallest absolute Gasteiger partial charge is 0.131 e. The maximum atomic E-state index is 4.64. The first kappa shape index (κ1) is 15.5. The minimum Gasteiger partial charge on any atom is -0.356 e. The molecule has 0 amide bonds. The van der Waals surface area contributed by atoms with Crippen LogP contribution in [0.4, 0.5) is 5.82 Å². The molecule has 0 aliphatic carbocycles. The molecular weight excluding hydrogens is 288 g/mol. The summed E-state index contributed by atoms with van der Waals surface area (Å²) in [5.74, 6) is 1.91. The molecule has 0 bridgehead atoms. The van der Waals surface area contributed by atoms with Crippen molar-refractivity contribution in [1.82, 2.24) is 4.98 Å². The van der Waals surface area contributed by atoms with Crippen molar-refractivity contribution in [2.24, 2.45) is 5.92 Å². The molecule has 0 fully saturated rings. The Hall–Kier alpha value is -0.570. The van der Waals surface area contributed by atoms with Gasteiger partial charge in [-0.25, -0.2) is 4.98 Å². The number of alkyl halides is 1. The number of aromatic nitrogens is 1. The fraction of sp³-hybridized carbons (Fsp3) is 0.667. The Bertz CT molecular complexity index is 362. The van der Waals surface area contributed by atoms with E-state index in [4.69, 9.17) is 0 Å². The Morgan fingerprint density at radius 1 is 1.28 bits per heavy atom. The second-order valence-electron chi connectivity index (χ2n) is 4.84. The zero-order valence-corrected chi connectivity index (χ0v) is 13.6. The van der Waals surface area contributed by atoms with Crippen LogP contribution >= 0.6 is 15.9 Å². The van der Waals surface area contributed by atoms with E-state index in [1.54, 1.807) is 0 Å². The minimum atomic E-state index is 0.766. The fourth-order valence-electron chi connectivity index (χ4n) is 2.25. The van der Waals surface area contributed by atoms with Gasteiger partial charge in [0, 0.05) is 24.6 Å². The fourth-order valence-corrected chi connectivity index (χ4v) is 2.56. The zero-order valence-electron chi connectivity index (χ0n) is 12.0. The highest BCUT2D eigenvalue weighted by atomic mass is 79.9. The summed E-state index contributed by atoms with van der Waals surface area (Å²) in [5.41, 5.74) is 2.52. The lowest BCUT2D eigenvalue weighted by molar-refractivity contribution is 0.484. The Kier molecular flexibility index (Phi) is 6.69. The maximum Gasteiger partial charge on any atom is 0.131 e. The van der Waals surface area contributed by atoms with Gasteiger partial charge in [-0.3, -0.25) is 0 Å². The summed E-state index contributed by atoms with van der Waals surface area (Å²) in [6.45, 7) is 11.1. The highest BCUT2D eigenvalue weighted by molar-refractivity contribution is 9.08. The van der Waals surface area contributed by atoms with Crippen molar-refractivity contribution in [3.05, 3.63) is 23.4 Å². The van der Waals surface area contributed by atoms with E-state index in [-0.39, 0.29) is 0 Å². The standard InChI is InChI=1S/C15H25BrN2/c1-5-13(6-2)11-18(7-3)15-12(4)8-14(9-16)10-17-15/h8,10,13H,5-7,9,11H2,1-4H3. The van der Waals surface area contributed by atoms with Gasteiger partial charge >= 0.3 is 0 Å². The van der Waals surface area contributed by atoms with Gasteiger partial charge in [-0.2, -0.15) is 0 Å². The molecule has 0 spiro atoms. The quantitative estimate of drug-likeness (QED) is 0.687. The van der Waals surface area contributed by atoms with Gasteiger partial charge in [0.1, 0.15) is 5.82 Å². The molecule has 3 heteroatoms. The highest BCUT2D eigenvalue weighted by Gasteiger charge is 2.13. The lowest BCUT2D eigenvalue weighted by Crippen LogP contribution is -2.30. The molecule has 1 aromatic rings. The van der Waals surface area contributed by atoms with Crippen molar-refractivity contribution in [1.29, 1.82) is 0 Å². The van der Waals surface area contributed by atoms with E-state index in [9.17, 15) is 0 Å². The second-order valence-corrected chi connectivity index (χ2v) is 5.40. The molecule has 0 aliphatic heterocycles. The first-order valence-electron chi connectivity index (χ1n) is 6.92. The molecule has 0 saturated carbocycles. The average molecular weight is 313 g/mol. The Morgan fingerprint density at radius 3 is 2.39 bits per heavy atom. The number of pyridine rings is 1. The molecular formula is C15H25BrN2. The molecule has 0 saturated heterocycles. The molecule has 0 aromatic carbocycles. The average Bonchev–Trinajstić information content (AvgIpc) is 2.41. The number of hydrogen-bond acceptors (Lipinski definition) is 2. The molecule has 0 N–H and O–H groups in total. The van der Waals surface area contributed by atoms with E-state index in [2.05, 4.69) is 59.6 Å². The summed E-state index contributed by atoms with van der Waals surface area (Å²) in [6, 6.07) is 2.23. The Balaban J connectivity index is 2.87. The normalized spacial score (nSPS) is 11.0. The topological polar surface area (TPSA) is 16.1 Å². The first-order chi connectivity index (χ1) is 8.65. The van der Waals surface area contributed by atoms with Gasteiger partial charge in [0.05, 0.1) is 0 Å². The van der Waals surface area contributed by atoms with Crippen molar-refractivity contribution in [2.75, 3.05) is 18.0 Å². The van der Waals surface area contributed by atoms with Crippen LogP contribution in [-0.4, -0.2) is 18.1 Å². The van der Waals surface area contributed by atoms with Crippen LogP contribution in [0.15, 0.2) is 12.3 Å². The number of halogens is 1. The van der Waals surface area contributed by atoms with Gasteiger partial charge in [0.15, 0.2) is 0 Å². The zero-order chi connectivity index (χ0) is 13.5. The summed E-state index contributed by atoms with van der Waals surface area (Å²) in [4.78, 5) is 7.05. The van der Waals surface area contributed by atoms with Crippen molar-refractivity contribution < 1.29 is 0 Å². The third kappa shape index (κ3) is 3.98. The predicted octanol–water partition coefficient (Wildman–Crippen LogP) is 4.55. The van der Waals surface area contributed by atoms with E-state index in [0.717, 1.165) is 30.2 Å². The summed E-state index contributed by atoms with van der Waals surface area (Å²) < 4.78 is 0. The Labute approximate surface area is 120 Å². The van der Waals surface area contributed by atoms with Crippen molar-refractivity contribution in [3.8, 4) is 0 Å². The van der Waals surface area contributed by atoms with E-state index in [1.807, 2.05) is 6.20 Å². The molecule has 2 nitrogen and oxygen atoms in total. The maximum absolute atomic E-state index is 4.64. The molecule has 102 valence electrons. The van der Waals surface area contributed by atoms with Crippen LogP contribution in [0.1, 0.15) is 44.7 Å². The molecule has 18 heavy (non-hydrogen) atoms. The molecule has 1 heterocycles. The largest absolute Gasteiger partial charge is 0.356 e. The second kappa shape index (κ2) is 7.78. The summed E-state index contributed by atoms with van der Waals surface area (Å²) in [5, 5.41) is 0.875. The van der Waals surface area contributed by atoms with Gasteiger partial charge in [-0.15, -0.1) is 0 Å². The number of anilines is 1. The SMILES string of the molecule is CCC(CC)CN(CC)c1ncc(CBr)cc1C. The molecule has 0 aliphatic rings. The van der Waals surface area contributed by atoms with Crippen LogP contribution < -0.4 is 4.90 Å². The Morgan fingerprint density at radius 2 is 1.94 bits per heavy atom. The van der Waals surface area contributed by atoms with Gasteiger partial charge in [0.25, 0.3) is 0 Å². The highest BCUT2D eigenvalue weighted by Crippen LogP contribution is 2.21. The van der Waals surface area contributed by atoms with Crippen LogP contribution in [0, 0.1) is 12.8 Å². The van der Waals surface area contributed by atoms with Crippen molar-refractivity contribution >= 4 is 21.7 Å².